The first-order chi connectivity index (χ1) is 7.70. The van der Waals surface area contributed by atoms with Crippen LogP contribution in [0.15, 0.2) is 16.6 Å². The van der Waals surface area contributed by atoms with Gasteiger partial charge in [-0.1, -0.05) is 0 Å². The molecule has 0 bridgehead atoms. The highest BCUT2D eigenvalue weighted by Gasteiger charge is 2.17. The van der Waals surface area contributed by atoms with E-state index < -0.39 is 0 Å². The largest absolute Gasteiger partial charge is 0.506 e. The molecule has 1 aromatic rings. The second kappa shape index (κ2) is 5.06. The fraction of sp³-hybridized carbons (Fsp3) is 0.500. The smallest absolute Gasteiger partial charge is 0.133 e. The van der Waals surface area contributed by atoms with Crippen molar-refractivity contribution in [1.29, 1.82) is 0 Å². The molecule has 1 saturated heterocycles. The van der Waals surface area contributed by atoms with Crippen molar-refractivity contribution in [3.63, 3.8) is 0 Å². The molecule has 0 saturated carbocycles. The molecule has 0 aliphatic carbocycles. The Labute approximate surface area is 104 Å². The number of aromatic hydroxyl groups is 1. The minimum atomic E-state index is 0.328. The van der Waals surface area contributed by atoms with Gasteiger partial charge >= 0.3 is 0 Å². The average Bonchev–Trinajstić information content (AvgIpc) is 2.77. The van der Waals surface area contributed by atoms with Crippen molar-refractivity contribution in [2.24, 2.45) is 0 Å². The van der Waals surface area contributed by atoms with Gasteiger partial charge in [-0.15, -0.1) is 0 Å². The van der Waals surface area contributed by atoms with E-state index in [-0.39, 0.29) is 0 Å². The van der Waals surface area contributed by atoms with Gasteiger partial charge in [0.1, 0.15) is 11.5 Å². The summed E-state index contributed by atoms with van der Waals surface area (Å²) < 4.78 is 5.89. The van der Waals surface area contributed by atoms with Crippen molar-refractivity contribution in [2.75, 3.05) is 13.7 Å². The van der Waals surface area contributed by atoms with Gasteiger partial charge in [0.2, 0.25) is 0 Å². The van der Waals surface area contributed by atoms with Crippen LogP contribution in [0.4, 0.5) is 0 Å². The van der Waals surface area contributed by atoms with E-state index in [4.69, 9.17) is 4.74 Å². The predicted molar refractivity (Wildman–Crippen MR) is 67.1 cm³/mol. The highest BCUT2D eigenvalue weighted by molar-refractivity contribution is 9.10. The van der Waals surface area contributed by atoms with E-state index in [1.807, 2.05) is 6.07 Å². The maximum absolute atomic E-state index is 9.95. The maximum Gasteiger partial charge on any atom is 0.133 e. The van der Waals surface area contributed by atoms with Gasteiger partial charge in [0.15, 0.2) is 0 Å². The van der Waals surface area contributed by atoms with E-state index in [9.17, 15) is 5.11 Å². The zero-order valence-electron chi connectivity index (χ0n) is 9.29. The number of ether oxygens (including phenoxy) is 1. The Morgan fingerprint density at radius 2 is 2.38 bits per heavy atom. The third kappa shape index (κ3) is 2.50. The summed E-state index contributed by atoms with van der Waals surface area (Å²) in [6.45, 7) is 1.08. The van der Waals surface area contributed by atoms with Crippen LogP contribution in [0.25, 0.3) is 0 Å². The molecule has 1 unspecified atom stereocenters. The Morgan fingerprint density at radius 1 is 1.56 bits per heavy atom. The lowest BCUT2D eigenvalue weighted by molar-refractivity contribution is 0.409. The van der Waals surface area contributed by atoms with Crippen LogP contribution in [0.3, 0.4) is 0 Å². The van der Waals surface area contributed by atoms with Crippen LogP contribution >= 0.6 is 15.9 Å². The van der Waals surface area contributed by atoms with Crippen LogP contribution in [0.2, 0.25) is 0 Å². The Bertz CT molecular complexity index is 376. The summed E-state index contributed by atoms with van der Waals surface area (Å²) in [5, 5.41) is 13.4. The fourth-order valence-electron chi connectivity index (χ4n) is 2.10. The molecule has 88 valence electrons. The number of nitrogens with one attached hydrogen (secondary N) is 1. The molecule has 4 heteroatoms. The molecule has 1 aromatic carbocycles. The Morgan fingerprint density at radius 3 is 3.00 bits per heavy atom. The molecule has 0 amide bonds. The average molecular weight is 286 g/mol. The summed E-state index contributed by atoms with van der Waals surface area (Å²) in [6, 6.07) is 4.16. The minimum Gasteiger partial charge on any atom is -0.506 e. The molecule has 0 aromatic heterocycles. The molecular weight excluding hydrogens is 270 g/mol. The summed E-state index contributed by atoms with van der Waals surface area (Å²) in [4.78, 5) is 0. The molecular formula is C12H16BrNO2. The summed E-state index contributed by atoms with van der Waals surface area (Å²) in [6.07, 6.45) is 3.24. The molecule has 3 nitrogen and oxygen atoms in total. The quantitative estimate of drug-likeness (QED) is 0.897. The van der Waals surface area contributed by atoms with Gasteiger partial charge in [0.05, 0.1) is 11.6 Å². The van der Waals surface area contributed by atoms with E-state index in [0.29, 0.717) is 16.3 Å². The lowest BCUT2D eigenvalue weighted by atomic mass is 10.0. The monoisotopic (exact) mass is 285 g/mol. The van der Waals surface area contributed by atoms with Crippen LogP contribution in [-0.2, 0) is 6.42 Å². The van der Waals surface area contributed by atoms with Crippen LogP contribution in [0.1, 0.15) is 18.4 Å². The molecule has 1 heterocycles. The van der Waals surface area contributed by atoms with Crippen molar-refractivity contribution in [3.8, 4) is 11.5 Å². The van der Waals surface area contributed by atoms with Gasteiger partial charge in [-0.3, -0.25) is 0 Å². The van der Waals surface area contributed by atoms with E-state index >= 15 is 0 Å². The molecule has 2 N–H and O–H groups in total. The molecule has 1 aliphatic rings. The summed E-state index contributed by atoms with van der Waals surface area (Å²) in [5.74, 6) is 1.10. The Kier molecular flexibility index (Phi) is 3.71. The standard InChI is InChI=1S/C12H16BrNO2/c1-16-10-6-8(12(15)11(13)7-10)5-9-3-2-4-14-9/h6-7,9,14-15H,2-5H2,1H3. The van der Waals surface area contributed by atoms with Gasteiger partial charge in [0, 0.05) is 11.6 Å². The van der Waals surface area contributed by atoms with Crippen molar-refractivity contribution in [2.45, 2.75) is 25.3 Å². The number of benzene rings is 1. The van der Waals surface area contributed by atoms with Crippen LogP contribution in [0, 0.1) is 0 Å². The number of methoxy groups -OCH3 is 1. The number of halogens is 1. The molecule has 2 rings (SSSR count). The first kappa shape index (κ1) is 11.7. The van der Waals surface area contributed by atoms with Crippen LogP contribution in [0.5, 0.6) is 11.5 Å². The lowest BCUT2D eigenvalue weighted by Gasteiger charge is -2.13. The molecule has 1 atom stereocenters. The van der Waals surface area contributed by atoms with Crippen molar-refractivity contribution in [1.82, 2.24) is 5.32 Å². The number of phenols is 1. The summed E-state index contributed by atoms with van der Waals surface area (Å²) >= 11 is 3.34. The molecule has 1 aliphatic heterocycles. The van der Waals surface area contributed by atoms with Gasteiger partial charge in [-0.05, 0) is 53.9 Å². The highest BCUT2D eigenvalue weighted by atomic mass is 79.9. The van der Waals surface area contributed by atoms with Crippen LogP contribution in [-0.4, -0.2) is 24.8 Å². The van der Waals surface area contributed by atoms with Gasteiger partial charge in [-0.25, -0.2) is 0 Å². The van der Waals surface area contributed by atoms with Crippen molar-refractivity contribution in [3.05, 3.63) is 22.2 Å². The molecule has 16 heavy (non-hydrogen) atoms. The number of hydrogen-bond acceptors (Lipinski definition) is 3. The summed E-state index contributed by atoms with van der Waals surface area (Å²) in [5.41, 5.74) is 0.936. The Hall–Kier alpha value is -0.740. The highest BCUT2D eigenvalue weighted by Crippen LogP contribution is 2.33. The molecule has 0 radical (unpaired) electrons. The second-order valence-corrected chi connectivity index (χ2v) is 4.97. The predicted octanol–water partition coefficient (Wildman–Crippen LogP) is 2.46. The van der Waals surface area contributed by atoms with Gasteiger partial charge in [-0.2, -0.15) is 0 Å². The zero-order valence-corrected chi connectivity index (χ0v) is 10.9. The van der Waals surface area contributed by atoms with Crippen LogP contribution < -0.4 is 10.1 Å². The normalized spacial score (nSPS) is 20.0. The van der Waals surface area contributed by atoms with Crippen molar-refractivity contribution >= 4 is 15.9 Å². The SMILES string of the molecule is COc1cc(Br)c(O)c(CC2CCCN2)c1. The Balaban J connectivity index is 2.20. The third-order valence-electron chi connectivity index (χ3n) is 2.98. The van der Waals surface area contributed by atoms with Gasteiger partial charge in [0.25, 0.3) is 0 Å². The number of rotatable bonds is 3. The first-order valence-electron chi connectivity index (χ1n) is 5.49. The molecule has 0 spiro atoms. The topological polar surface area (TPSA) is 41.5 Å². The van der Waals surface area contributed by atoms with E-state index in [2.05, 4.69) is 21.2 Å². The van der Waals surface area contributed by atoms with Crippen molar-refractivity contribution < 1.29 is 9.84 Å². The first-order valence-corrected chi connectivity index (χ1v) is 6.28. The second-order valence-electron chi connectivity index (χ2n) is 4.11. The fourth-order valence-corrected chi connectivity index (χ4v) is 2.58. The molecule has 1 fully saturated rings. The zero-order chi connectivity index (χ0) is 11.5. The van der Waals surface area contributed by atoms with E-state index in [1.165, 1.54) is 12.8 Å². The minimum absolute atomic E-state index is 0.328. The van der Waals surface area contributed by atoms with E-state index in [1.54, 1.807) is 13.2 Å². The summed E-state index contributed by atoms with van der Waals surface area (Å²) in [7, 11) is 1.64. The third-order valence-corrected chi connectivity index (χ3v) is 3.58. The lowest BCUT2D eigenvalue weighted by Crippen LogP contribution is -2.23. The van der Waals surface area contributed by atoms with Gasteiger partial charge < -0.3 is 15.2 Å². The maximum atomic E-state index is 9.95. The number of hydrogen-bond donors (Lipinski definition) is 2. The van der Waals surface area contributed by atoms with E-state index in [0.717, 1.165) is 24.3 Å². The number of phenolic OH excluding ortho intramolecular Hbond substituents is 1.